The maximum absolute atomic E-state index is 12.4. The summed E-state index contributed by atoms with van der Waals surface area (Å²) < 4.78 is 1.43. The topological polar surface area (TPSA) is 103 Å². The number of carbonyl (C=O) groups is 1. The first-order valence-corrected chi connectivity index (χ1v) is 7.86. The number of para-hydroxylation sites is 1. The number of benzene rings is 1. The van der Waals surface area contributed by atoms with E-state index in [1.807, 2.05) is 0 Å². The van der Waals surface area contributed by atoms with E-state index in [9.17, 15) is 14.9 Å². The van der Waals surface area contributed by atoms with Crippen molar-refractivity contribution in [2.75, 3.05) is 5.32 Å². The number of hydrogen-bond acceptors (Lipinski definition) is 6. The highest BCUT2D eigenvalue weighted by Gasteiger charge is 2.21. The molecular formula is C14H10ClN5O3S. The first kappa shape index (κ1) is 16.1. The fourth-order valence-electron chi connectivity index (χ4n) is 2.12. The zero-order valence-corrected chi connectivity index (χ0v) is 13.8. The number of rotatable bonds is 4. The Hall–Kier alpha value is -2.78. The monoisotopic (exact) mass is 363 g/mol. The molecule has 24 heavy (non-hydrogen) atoms. The lowest BCUT2D eigenvalue weighted by Crippen LogP contribution is -2.13. The smallest absolute Gasteiger partial charge is 0.283 e. The molecule has 0 aliphatic rings. The molecule has 0 unspecified atom stereocenters. The molecule has 1 N–H and O–H groups in total. The predicted octanol–water partition coefficient (Wildman–Crippen LogP) is 3.45. The number of halogens is 1. The van der Waals surface area contributed by atoms with E-state index in [4.69, 9.17) is 11.6 Å². The number of amides is 1. The zero-order valence-electron chi connectivity index (χ0n) is 12.3. The van der Waals surface area contributed by atoms with Crippen LogP contribution in [-0.2, 0) is 0 Å². The standard InChI is InChI=1S/C14H10ClN5O3S/c1-8-11(20(22)23)5-12(24-8)14(21)18-10-4-2-3-9(15)13(10)19-7-16-6-17-19/h2-7H,1H3,(H,18,21). The van der Waals surface area contributed by atoms with Crippen LogP contribution in [-0.4, -0.2) is 25.6 Å². The van der Waals surface area contributed by atoms with E-state index >= 15 is 0 Å². The summed E-state index contributed by atoms with van der Waals surface area (Å²) in [7, 11) is 0. The lowest BCUT2D eigenvalue weighted by Gasteiger charge is -2.11. The van der Waals surface area contributed by atoms with Crippen LogP contribution in [0.5, 0.6) is 0 Å². The largest absolute Gasteiger partial charge is 0.319 e. The third kappa shape index (κ3) is 2.99. The van der Waals surface area contributed by atoms with E-state index in [1.165, 1.54) is 23.4 Å². The fraction of sp³-hybridized carbons (Fsp3) is 0.0714. The number of anilines is 1. The minimum atomic E-state index is -0.511. The number of nitrogens with zero attached hydrogens (tertiary/aromatic N) is 4. The molecule has 0 aliphatic heterocycles. The number of aromatic nitrogens is 3. The molecule has 0 aliphatic carbocycles. The molecule has 3 rings (SSSR count). The summed E-state index contributed by atoms with van der Waals surface area (Å²) in [5.74, 6) is -0.458. The van der Waals surface area contributed by atoms with Crippen LogP contribution in [0.4, 0.5) is 11.4 Å². The first-order valence-electron chi connectivity index (χ1n) is 6.67. The van der Waals surface area contributed by atoms with Crippen LogP contribution in [0.25, 0.3) is 5.69 Å². The molecule has 3 aromatic rings. The molecule has 1 aromatic carbocycles. The third-order valence-corrected chi connectivity index (χ3v) is 4.54. The summed E-state index contributed by atoms with van der Waals surface area (Å²) in [5.41, 5.74) is 0.812. The Balaban J connectivity index is 1.95. The normalized spacial score (nSPS) is 10.6. The van der Waals surface area contributed by atoms with Gasteiger partial charge in [-0.1, -0.05) is 17.7 Å². The Labute approximate surface area is 144 Å². The van der Waals surface area contributed by atoms with Gasteiger partial charge in [-0.05, 0) is 19.1 Å². The van der Waals surface area contributed by atoms with Crippen molar-refractivity contribution in [1.29, 1.82) is 0 Å². The Bertz CT molecular complexity index is 923. The van der Waals surface area contributed by atoms with Gasteiger partial charge >= 0.3 is 0 Å². The molecule has 2 heterocycles. The summed E-state index contributed by atoms with van der Waals surface area (Å²) in [4.78, 5) is 27.4. The summed E-state index contributed by atoms with van der Waals surface area (Å²) in [6, 6.07) is 6.26. The average Bonchev–Trinajstić information content (AvgIpc) is 3.16. The van der Waals surface area contributed by atoms with Gasteiger partial charge in [0.1, 0.15) is 18.3 Å². The molecule has 122 valence electrons. The number of thiophene rings is 1. The van der Waals surface area contributed by atoms with Crippen molar-refractivity contribution in [3.05, 3.63) is 61.8 Å². The highest BCUT2D eigenvalue weighted by atomic mass is 35.5. The lowest BCUT2D eigenvalue weighted by molar-refractivity contribution is -0.385. The van der Waals surface area contributed by atoms with Crippen molar-refractivity contribution in [3.8, 4) is 5.69 Å². The van der Waals surface area contributed by atoms with Crippen molar-refractivity contribution < 1.29 is 9.72 Å². The van der Waals surface area contributed by atoms with Gasteiger partial charge < -0.3 is 5.32 Å². The molecule has 10 heteroatoms. The van der Waals surface area contributed by atoms with Crippen molar-refractivity contribution >= 4 is 40.2 Å². The number of carbonyl (C=O) groups excluding carboxylic acids is 1. The second-order valence-electron chi connectivity index (χ2n) is 4.74. The van der Waals surface area contributed by atoms with Gasteiger partial charge in [0.25, 0.3) is 11.6 Å². The Morgan fingerprint density at radius 3 is 2.88 bits per heavy atom. The summed E-state index contributed by atoms with van der Waals surface area (Å²) in [6.07, 6.45) is 2.80. The molecule has 0 fully saturated rings. The highest BCUT2D eigenvalue weighted by molar-refractivity contribution is 7.14. The Kier molecular flexibility index (Phi) is 4.28. The van der Waals surface area contributed by atoms with E-state index in [-0.39, 0.29) is 10.6 Å². The van der Waals surface area contributed by atoms with Crippen LogP contribution in [0.1, 0.15) is 14.5 Å². The maximum atomic E-state index is 12.4. The highest BCUT2D eigenvalue weighted by Crippen LogP contribution is 2.31. The maximum Gasteiger partial charge on any atom is 0.283 e. The van der Waals surface area contributed by atoms with Crippen LogP contribution in [0.3, 0.4) is 0 Å². The zero-order chi connectivity index (χ0) is 17.3. The minimum Gasteiger partial charge on any atom is -0.319 e. The van der Waals surface area contributed by atoms with Crippen molar-refractivity contribution in [2.45, 2.75) is 6.92 Å². The SMILES string of the molecule is Cc1sc(C(=O)Nc2cccc(Cl)c2-n2cncn2)cc1[N+](=O)[O-]. The molecule has 0 atom stereocenters. The minimum absolute atomic E-state index is 0.0762. The molecule has 8 nitrogen and oxygen atoms in total. The van der Waals surface area contributed by atoms with Crippen LogP contribution in [0.15, 0.2) is 36.9 Å². The number of aryl methyl sites for hydroxylation is 1. The quantitative estimate of drug-likeness (QED) is 0.564. The van der Waals surface area contributed by atoms with E-state index < -0.39 is 10.8 Å². The van der Waals surface area contributed by atoms with Crippen molar-refractivity contribution in [2.24, 2.45) is 0 Å². The van der Waals surface area contributed by atoms with E-state index in [2.05, 4.69) is 15.4 Å². The second kappa shape index (κ2) is 6.38. The van der Waals surface area contributed by atoms with Gasteiger partial charge in [0.2, 0.25) is 0 Å². The van der Waals surface area contributed by atoms with Crippen LogP contribution >= 0.6 is 22.9 Å². The van der Waals surface area contributed by atoms with Gasteiger partial charge in [0, 0.05) is 6.07 Å². The van der Waals surface area contributed by atoms with Crippen molar-refractivity contribution in [1.82, 2.24) is 14.8 Å². The van der Waals surface area contributed by atoms with Gasteiger partial charge in [-0.3, -0.25) is 14.9 Å². The average molecular weight is 364 g/mol. The Morgan fingerprint density at radius 1 is 1.46 bits per heavy atom. The molecule has 0 bridgehead atoms. The van der Waals surface area contributed by atoms with Gasteiger partial charge in [0.15, 0.2) is 0 Å². The van der Waals surface area contributed by atoms with E-state index in [0.717, 1.165) is 11.3 Å². The van der Waals surface area contributed by atoms with Gasteiger partial charge in [0.05, 0.1) is 25.4 Å². The summed E-state index contributed by atoms with van der Waals surface area (Å²) in [5, 5.41) is 18.0. The van der Waals surface area contributed by atoms with Crippen LogP contribution < -0.4 is 5.32 Å². The molecule has 0 spiro atoms. The number of nitro groups is 1. The fourth-order valence-corrected chi connectivity index (χ4v) is 3.27. The molecule has 0 saturated heterocycles. The second-order valence-corrected chi connectivity index (χ2v) is 6.40. The van der Waals surface area contributed by atoms with Gasteiger partial charge in [-0.25, -0.2) is 9.67 Å². The van der Waals surface area contributed by atoms with Crippen LogP contribution in [0, 0.1) is 17.0 Å². The van der Waals surface area contributed by atoms with Gasteiger partial charge in [-0.2, -0.15) is 5.10 Å². The number of nitrogens with one attached hydrogen (secondary N) is 1. The summed E-state index contributed by atoms with van der Waals surface area (Å²) in [6.45, 7) is 1.60. The molecule has 2 aromatic heterocycles. The van der Waals surface area contributed by atoms with Gasteiger partial charge in [-0.15, -0.1) is 11.3 Å². The van der Waals surface area contributed by atoms with E-state index in [0.29, 0.717) is 21.3 Å². The molecular weight excluding hydrogens is 354 g/mol. The molecule has 0 saturated carbocycles. The van der Waals surface area contributed by atoms with Crippen molar-refractivity contribution in [3.63, 3.8) is 0 Å². The Morgan fingerprint density at radius 2 is 2.25 bits per heavy atom. The van der Waals surface area contributed by atoms with E-state index in [1.54, 1.807) is 25.1 Å². The molecule has 0 radical (unpaired) electrons. The first-order chi connectivity index (χ1) is 11.5. The van der Waals surface area contributed by atoms with Crippen LogP contribution in [0.2, 0.25) is 5.02 Å². The lowest BCUT2D eigenvalue weighted by atomic mass is 10.2. The predicted molar refractivity (Wildman–Crippen MR) is 90.0 cm³/mol. The summed E-state index contributed by atoms with van der Waals surface area (Å²) >= 11 is 7.25. The molecule has 1 amide bonds. The number of hydrogen-bond donors (Lipinski definition) is 1. The third-order valence-electron chi connectivity index (χ3n) is 3.19.